The van der Waals surface area contributed by atoms with Crippen LogP contribution in [-0.2, 0) is 10.5 Å². The topological polar surface area (TPSA) is 29.1 Å². The quantitative estimate of drug-likeness (QED) is 0.778. The fourth-order valence-corrected chi connectivity index (χ4v) is 3.08. The molecular weight excluding hydrogens is 293 g/mol. The van der Waals surface area contributed by atoms with E-state index in [-0.39, 0.29) is 16.5 Å². The number of halogens is 1. The number of hydrogen-bond donors (Lipinski definition) is 1. The summed E-state index contributed by atoms with van der Waals surface area (Å²) in [7, 11) is 0. The van der Waals surface area contributed by atoms with Crippen LogP contribution in [0, 0.1) is 5.82 Å². The molecule has 1 aromatic rings. The van der Waals surface area contributed by atoms with Gasteiger partial charge in [0.05, 0.1) is 5.75 Å². The third-order valence-electron chi connectivity index (χ3n) is 2.37. The van der Waals surface area contributed by atoms with E-state index in [1.54, 1.807) is 23.9 Å². The Hall–Kier alpha value is -0.680. The molecule has 112 valence electrons. The van der Waals surface area contributed by atoms with Crippen LogP contribution in [0.15, 0.2) is 24.3 Å². The Morgan fingerprint density at radius 2 is 1.90 bits per heavy atom. The molecule has 0 spiro atoms. The van der Waals surface area contributed by atoms with E-state index < -0.39 is 0 Å². The number of hydrogen-bond acceptors (Lipinski definition) is 3. The van der Waals surface area contributed by atoms with E-state index in [1.807, 2.05) is 11.8 Å². The molecule has 20 heavy (non-hydrogen) atoms. The Balaban J connectivity index is 2.10. The molecule has 0 aliphatic heterocycles. The number of thioether (sulfide) groups is 2. The van der Waals surface area contributed by atoms with Crippen molar-refractivity contribution in [2.45, 2.75) is 31.3 Å². The van der Waals surface area contributed by atoms with Crippen molar-refractivity contribution in [1.82, 2.24) is 5.32 Å². The van der Waals surface area contributed by atoms with Crippen molar-refractivity contribution in [3.8, 4) is 0 Å². The molecule has 0 heterocycles. The lowest BCUT2D eigenvalue weighted by Crippen LogP contribution is -2.28. The van der Waals surface area contributed by atoms with Crippen LogP contribution in [0.4, 0.5) is 4.39 Å². The maximum atomic E-state index is 12.7. The zero-order valence-corrected chi connectivity index (χ0v) is 13.9. The maximum absolute atomic E-state index is 12.7. The molecule has 0 aromatic heterocycles. The van der Waals surface area contributed by atoms with Gasteiger partial charge in [-0.25, -0.2) is 4.39 Å². The second-order valence-corrected chi connectivity index (χ2v) is 8.34. The lowest BCUT2D eigenvalue weighted by Gasteiger charge is -2.17. The van der Waals surface area contributed by atoms with Gasteiger partial charge in [-0.1, -0.05) is 32.9 Å². The minimum absolute atomic E-state index is 0.0617. The Morgan fingerprint density at radius 3 is 2.50 bits per heavy atom. The first-order chi connectivity index (χ1) is 9.37. The molecule has 5 heteroatoms. The molecule has 0 atom stereocenters. The van der Waals surface area contributed by atoms with Crippen molar-refractivity contribution in [3.05, 3.63) is 35.6 Å². The van der Waals surface area contributed by atoms with E-state index in [1.165, 1.54) is 12.1 Å². The highest BCUT2D eigenvalue weighted by atomic mass is 32.2. The fraction of sp³-hybridized carbons (Fsp3) is 0.533. The van der Waals surface area contributed by atoms with Gasteiger partial charge in [0.2, 0.25) is 5.91 Å². The van der Waals surface area contributed by atoms with Crippen molar-refractivity contribution in [3.63, 3.8) is 0 Å². The van der Waals surface area contributed by atoms with Crippen LogP contribution in [0.1, 0.15) is 26.3 Å². The third-order valence-corrected chi connectivity index (χ3v) is 4.65. The first-order valence-corrected chi connectivity index (χ1v) is 8.74. The third kappa shape index (κ3) is 8.48. The average molecular weight is 315 g/mol. The molecule has 1 rings (SSSR count). The number of amides is 1. The highest BCUT2D eigenvalue weighted by molar-refractivity contribution is 8.00. The molecule has 2 nitrogen and oxygen atoms in total. The van der Waals surface area contributed by atoms with E-state index in [0.717, 1.165) is 17.1 Å². The van der Waals surface area contributed by atoms with Gasteiger partial charge < -0.3 is 5.32 Å². The Bertz CT molecular complexity index is 415. The summed E-state index contributed by atoms with van der Waals surface area (Å²) < 4.78 is 13.0. The number of nitrogens with one attached hydrogen (secondary N) is 1. The predicted molar refractivity (Wildman–Crippen MR) is 87.8 cm³/mol. The predicted octanol–water partition coefficient (Wildman–Crippen LogP) is 3.71. The number of benzene rings is 1. The standard InChI is InChI=1S/C15H22FNOS2/c1-15(2,3)20-9-8-17-14(18)11-19-10-12-4-6-13(16)7-5-12/h4-7H,8-11H2,1-3H3,(H,17,18). The molecule has 0 fully saturated rings. The first kappa shape index (κ1) is 17.4. The van der Waals surface area contributed by atoms with Gasteiger partial charge in [0, 0.05) is 22.8 Å². The first-order valence-electron chi connectivity index (χ1n) is 6.60. The minimum Gasteiger partial charge on any atom is -0.355 e. The summed E-state index contributed by atoms with van der Waals surface area (Å²) in [5.74, 6) is 1.93. The van der Waals surface area contributed by atoms with Crippen molar-refractivity contribution >= 4 is 29.4 Å². The van der Waals surface area contributed by atoms with Crippen molar-refractivity contribution < 1.29 is 9.18 Å². The number of rotatable bonds is 7. The van der Waals surface area contributed by atoms with Gasteiger partial charge in [0.15, 0.2) is 0 Å². The molecule has 0 saturated heterocycles. The summed E-state index contributed by atoms with van der Waals surface area (Å²) >= 11 is 3.38. The van der Waals surface area contributed by atoms with Crippen molar-refractivity contribution in [2.75, 3.05) is 18.1 Å². The fourth-order valence-electron chi connectivity index (χ4n) is 1.44. The second kappa shape index (κ2) is 8.57. The van der Waals surface area contributed by atoms with E-state index in [9.17, 15) is 9.18 Å². The van der Waals surface area contributed by atoms with Crippen LogP contribution < -0.4 is 5.32 Å². The monoisotopic (exact) mass is 315 g/mol. The normalized spacial score (nSPS) is 11.4. The molecule has 0 aliphatic rings. The summed E-state index contributed by atoms with van der Waals surface area (Å²) in [6.45, 7) is 7.20. The molecular formula is C15H22FNOS2. The SMILES string of the molecule is CC(C)(C)SCCNC(=O)CSCc1ccc(F)cc1. The zero-order valence-electron chi connectivity index (χ0n) is 12.2. The maximum Gasteiger partial charge on any atom is 0.230 e. The summed E-state index contributed by atoms with van der Waals surface area (Å²) in [5.41, 5.74) is 1.03. The number of carbonyl (C=O) groups is 1. The molecule has 0 bridgehead atoms. The van der Waals surface area contributed by atoms with E-state index >= 15 is 0 Å². The Morgan fingerprint density at radius 1 is 1.25 bits per heavy atom. The highest BCUT2D eigenvalue weighted by Gasteiger charge is 2.10. The average Bonchev–Trinajstić information content (AvgIpc) is 2.36. The molecule has 1 aromatic carbocycles. The van der Waals surface area contributed by atoms with Crippen LogP contribution in [-0.4, -0.2) is 28.7 Å². The van der Waals surface area contributed by atoms with Crippen LogP contribution in [0.25, 0.3) is 0 Å². The summed E-state index contributed by atoms with van der Waals surface area (Å²) in [6.07, 6.45) is 0. The molecule has 1 N–H and O–H groups in total. The molecule has 0 saturated carbocycles. The van der Waals surface area contributed by atoms with Gasteiger partial charge in [0.25, 0.3) is 0 Å². The van der Waals surface area contributed by atoms with Gasteiger partial charge >= 0.3 is 0 Å². The molecule has 0 unspecified atom stereocenters. The van der Waals surface area contributed by atoms with Crippen molar-refractivity contribution in [1.29, 1.82) is 0 Å². The van der Waals surface area contributed by atoms with E-state index in [4.69, 9.17) is 0 Å². The van der Waals surface area contributed by atoms with Crippen LogP contribution in [0.3, 0.4) is 0 Å². The van der Waals surface area contributed by atoms with Crippen molar-refractivity contribution in [2.24, 2.45) is 0 Å². The van der Waals surface area contributed by atoms with Crippen LogP contribution in [0.2, 0.25) is 0 Å². The highest BCUT2D eigenvalue weighted by Crippen LogP contribution is 2.22. The largest absolute Gasteiger partial charge is 0.355 e. The van der Waals surface area contributed by atoms with Gasteiger partial charge in [-0.3, -0.25) is 4.79 Å². The lowest BCUT2D eigenvalue weighted by molar-refractivity contribution is -0.118. The molecule has 0 aliphatic carbocycles. The van der Waals surface area contributed by atoms with Gasteiger partial charge in [-0.15, -0.1) is 11.8 Å². The number of carbonyl (C=O) groups excluding carboxylic acids is 1. The zero-order chi connectivity index (χ0) is 15.0. The summed E-state index contributed by atoms with van der Waals surface area (Å²) in [6, 6.07) is 6.39. The summed E-state index contributed by atoms with van der Waals surface area (Å²) in [4.78, 5) is 11.6. The van der Waals surface area contributed by atoms with E-state index in [2.05, 4.69) is 26.1 Å². The van der Waals surface area contributed by atoms with Crippen LogP contribution in [0.5, 0.6) is 0 Å². The Kier molecular flexibility index (Phi) is 7.45. The lowest BCUT2D eigenvalue weighted by atomic mass is 10.2. The van der Waals surface area contributed by atoms with Gasteiger partial charge in [-0.05, 0) is 17.7 Å². The van der Waals surface area contributed by atoms with Crippen LogP contribution >= 0.6 is 23.5 Å². The minimum atomic E-state index is -0.229. The Labute approximate surface area is 129 Å². The van der Waals surface area contributed by atoms with Gasteiger partial charge in [0.1, 0.15) is 5.82 Å². The van der Waals surface area contributed by atoms with E-state index in [0.29, 0.717) is 12.3 Å². The second-order valence-electron chi connectivity index (χ2n) is 5.43. The molecule has 0 radical (unpaired) electrons. The van der Waals surface area contributed by atoms with Gasteiger partial charge in [-0.2, -0.15) is 11.8 Å². The summed E-state index contributed by atoms with van der Waals surface area (Å²) in [5, 5.41) is 2.91. The smallest absolute Gasteiger partial charge is 0.230 e. The molecule has 1 amide bonds.